The minimum absolute atomic E-state index is 0.0617. The lowest BCUT2D eigenvalue weighted by atomic mass is 9.89. The molecule has 1 fully saturated rings. The van der Waals surface area contributed by atoms with E-state index in [1.807, 2.05) is 26.8 Å². The maximum atomic E-state index is 12.3. The lowest BCUT2D eigenvalue weighted by molar-refractivity contribution is -0.00862. The molecule has 1 aromatic rings. The van der Waals surface area contributed by atoms with E-state index < -0.39 is 0 Å². The predicted molar refractivity (Wildman–Crippen MR) is 79.0 cm³/mol. The molecular formula is C15H23N3O2. The number of aryl methyl sites for hydroxylation is 1. The van der Waals surface area contributed by atoms with Crippen LogP contribution in [0.15, 0.2) is 12.3 Å². The highest BCUT2D eigenvalue weighted by atomic mass is 16.5. The van der Waals surface area contributed by atoms with Crippen molar-refractivity contribution in [2.24, 2.45) is 0 Å². The quantitative estimate of drug-likeness (QED) is 0.836. The molecule has 1 saturated carbocycles. The number of carbonyl (C=O) groups excluding carboxylic acids is 1. The summed E-state index contributed by atoms with van der Waals surface area (Å²) in [5.74, 6) is -0.0617. The van der Waals surface area contributed by atoms with Crippen molar-refractivity contribution >= 4 is 11.6 Å². The first-order chi connectivity index (χ1) is 9.63. The molecule has 20 heavy (non-hydrogen) atoms. The zero-order chi connectivity index (χ0) is 14.5. The highest BCUT2D eigenvalue weighted by molar-refractivity contribution is 5.99. The Labute approximate surface area is 120 Å². The molecule has 2 rings (SSSR count). The predicted octanol–water partition coefficient (Wildman–Crippen LogP) is 2.12. The number of nitrogens with zero attached hydrogens (tertiary/aromatic N) is 1. The van der Waals surface area contributed by atoms with E-state index in [1.54, 1.807) is 6.20 Å². The van der Waals surface area contributed by atoms with Crippen LogP contribution in [0.2, 0.25) is 0 Å². The third kappa shape index (κ3) is 3.48. The number of carbonyl (C=O) groups is 1. The van der Waals surface area contributed by atoms with Crippen LogP contribution in [0.5, 0.6) is 0 Å². The van der Waals surface area contributed by atoms with Crippen molar-refractivity contribution in [2.45, 2.75) is 45.8 Å². The second-order valence-corrected chi connectivity index (χ2v) is 5.12. The molecular weight excluding hydrogens is 254 g/mol. The van der Waals surface area contributed by atoms with E-state index in [0.717, 1.165) is 37.4 Å². The first-order valence-electron chi connectivity index (χ1n) is 7.27. The van der Waals surface area contributed by atoms with E-state index in [2.05, 4.69) is 15.6 Å². The van der Waals surface area contributed by atoms with Crippen LogP contribution < -0.4 is 10.6 Å². The van der Waals surface area contributed by atoms with Gasteiger partial charge in [-0.2, -0.15) is 0 Å². The number of pyridine rings is 1. The fraction of sp³-hybridized carbons (Fsp3) is 0.600. The number of aromatic nitrogens is 1. The fourth-order valence-corrected chi connectivity index (χ4v) is 2.40. The van der Waals surface area contributed by atoms with Crippen molar-refractivity contribution in [1.29, 1.82) is 0 Å². The van der Waals surface area contributed by atoms with Gasteiger partial charge < -0.3 is 15.4 Å². The molecule has 2 N–H and O–H groups in total. The Morgan fingerprint density at radius 2 is 2.20 bits per heavy atom. The summed E-state index contributed by atoms with van der Waals surface area (Å²) in [6.45, 7) is 7.43. The topological polar surface area (TPSA) is 63.2 Å². The third-order valence-electron chi connectivity index (χ3n) is 3.48. The van der Waals surface area contributed by atoms with Gasteiger partial charge in [0.1, 0.15) is 0 Å². The molecule has 1 aliphatic carbocycles. The molecule has 0 unspecified atom stereocenters. The Morgan fingerprint density at radius 1 is 1.45 bits per heavy atom. The van der Waals surface area contributed by atoms with Crippen LogP contribution in [0, 0.1) is 6.92 Å². The molecule has 0 atom stereocenters. The number of rotatable bonds is 6. The summed E-state index contributed by atoms with van der Waals surface area (Å²) in [5.41, 5.74) is 2.35. The number of ether oxygens (including phenoxy) is 1. The standard InChI is InChI=1S/C15H23N3O2/c1-4-16-14-6-10(3)17-9-13(14)15(19)18-11-7-12(8-11)20-5-2/h6,9,11-12H,4-5,7-8H2,1-3H3,(H,16,17)(H,18,19). The Balaban J connectivity index is 1.96. The highest BCUT2D eigenvalue weighted by Crippen LogP contribution is 2.24. The Morgan fingerprint density at radius 3 is 2.85 bits per heavy atom. The van der Waals surface area contributed by atoms with Gasteiger partial charge in [-0.15, -0.1) is 0 Å². The SMILES string of the molecule is CCNc1cc(C)ncc1C(=O)NC1CC(OCC)C1. The summed E-state index contributed by atoms with van der Waals surface area (Å²) in [5, 5.41) is 6.25. The summed E-state index contributed by atoms with van der Waals surface area (Å²) in [4.78, 5) is 16.5. The normalized spacial score (nSPS) is 21.1. The zero-order valence-corrected chi connectivity index (χ0v) is 12.4. The van der Waals surface area contributed by atoms with Gasteiger partial charge in [0.15, 0.2) is 0 Å². The van der Waals surface area contributed by atoms with Crippen LogP contribution in [0.4, 0.5) is 5.69 Å². The van der Waals surface area contributed by atoms with Crippen molar-refractivity contribution in [3.8, 4) is 0 Å². The smallest absolute Gasteiger partial charge is 0.255 e. The molecule has 0 saturated heterocycles. The molecule has 1 aliphatic rings. The van der Waals surface area contributed by atoms with Gasteiger partial charge in [-0.05, 0) is 39.7 Å². The van der Waals surface area contributed by atoms with Crippen molar-refractivity contribution < 1.29 is 9.53 Å². The molecule has 0 bridgehead atoms. The van der Waals surface area contributed by atoms with Gasteiger partial charge in [0.2, 0.25) is 0 Å². The Kier molecular flexibility index (Phi) is 4.95. The number of anilines is 1. The second-order valence-electron chi connectivity index (χ2n) is 5.12. The monoisotopic (exact) mass is 277 g/mol. The van der Waals surface area contributed by atoms with E-state index in [9.17, 15) is 4.79 Å². The molecule has 0 aliphatic heterocycles. The van der Waals surface area contributed by atoms with Gasteiger partial charge >= 0.3 is 0 Å². The van der Waals surface area contributed by atoms with Crippen LogP contribution >= 0.6 is 0 Å². The minimum Gasteiger partial charge on any atom is -0.385 e. The Hall–Kier alpha value is -1.62. The maximum absolute atomic E-state index is 12.3. The number of amides is 1. The molecule has 0 radical (unpaired) electrons. The molecule has 1 heterocycles. The van der Waals surface area contributed by atoms with Crippen LogP contribution in [-0.4, -0.2) is 36.2 Å². The highest BCUT2D eigenvalue weighted by Gasteiger charge is 2.31. The van der Waals surface area contributed by atoms with Crippen LogP contribution in [-0.2, 0) is 4.74 Å². The first kappa shape index (κ1) is 14.8. The van der Waals surface area contributed by atoms with E-state index in [4.69, 9.17) is 4.74 Å². The molecule has 5 heteroatoms. The fourth-order valence-electron chi connectivity index (χ4n) is 2.40. The molecule has 5 nitrogen and oxygen atoms in total. The average molecular weight is 277 g/mol. The first-order valence-corrected chi connectivity index (χ1v) is 7.27. The largest absolute Gasteiger partial charge is 0.385 e. The van der Waals surface area contributed by atoms with Crippen molar-refractivity contribution in [3.05, 3.63) is 23.5 Å². The van der Waals surface area contributed by atoms with Crippen molar-refractivity contribution in [3.63, 3.8) is 0 Å². The summed E-state index contributed by atoms with van der Waals surface area (Å²) in [6.07, 6.45) is 3.74. The number of hydrogen-bond donors (Lipinski definition) is 2. The van der Waals surface area contributed by atoms with E-state index in [-0.39, 0.29) is 11.9 Å². The molecule has 0 aromatic carbocycles. The van der Waals surface area contributed by atoms with Gasteiger partial charge in [0.05, 0.1) is 17.4 Å². The van der Waals surface area contributed by atoms with Gasteiger partial charge in [-0.1, -0.05) is 0 Å². The van der Waals surface area contributed by atoms with Crippen LogP contribution in [0.1, 0.15) is 42.7 Å². The number of hydrogen-bond acceptors (Lipinski definition) is 4. The summed E-state index contributed by atoms with van der Waals surface area (Å²) < 4.78 is 5.50. The van der Waals surface area contributed by atoms with Gasteiger partial charge in [-0.3, -0.25) is 9.78 Å². The molecule has 1 aromatic heterocycles. The summed E-state index contributed by atoms with van der Waals surface area (Å²) in [7, 11) is 0. The molecule has 0 spiro atoms. The minimum atomic E-state index is -0.0617. The lowest BCUT2D eigenvalue weighted by Crippen LogP contribution is -2.47. The maximum Gasteiger partial charge on any atom is 0.255 e. The van der Waals surface area contributed by atoms with E-state index >= 15 is 0 Å². The van der Waals surface area contributed by atoms with E-state index in [0.29, 0.717) is 11.7 Å². The van der Waals surface area contributed by atoms with Crippen molar-refractivity contribution in [1.82, 2.24) is 10.3 Å². The van der Waals surface area contributed by atoms with Crippen LogP contribution in [0.25, 0.3) is 0 Å². The zero-order valence-electron chi connectivity index (χ0n) is 12.4. The average Bonchev–Trinajstić information content (AvgIpc) is 2.36. The van der Waals surface area contributed by atoms with E-state index in [1.165, 1.54) is 0 Å². The lowest BCUT2D eigenvalue weighted by Gasteiger charge is -2.35. The van der Waals surface area contributed by atoms with Gasteiger partial charge in [0, 0.05) is 31.1 Å². The van der Waals surface area contributed by atoms with Crippen molar-refractivity contribution in [2.75, 3.05) is 18.5 Å². The molecule has 110 valence electrons. The number of nitrogens with one attached hydrogen (secondary N) is 2. The van der Waals surface area contributed by atoms with Crippen LogP contribution in [0.3, 0.4) is 0 Å². The third-order valence-corrected chi connectivity index (χ3v) is 3.48. The molecule has 1 amide bonds. The summed E-state index contributed by atoms with van der Waals surface area (Å²) >= 11 is 0. The van der Waals surface area contributed by atoms with Gasteiger partial charge in [-0.25, -0.2) is 0 Å². The second kappa shape index (κ2) is 6.70. The Bertz CT molecular complexity index is 470. The summed E-state index contributed by atoms with van der Waals surface area (Å²) in [6, 6.07) is 2.12. The van der Waals surface area contributed by atoms with Gasteiger partial charge in [0.25, 0.3) is 5.91 Å².